The number of carbonyl (C=O) groups excluding carboxylic acids is 1. The predicted octanol–water partition coefficient (Wildman–Crippen LogP) is 1.74. The molecule has 3 atom stereocenters. The van der Waals surface area contributed by atoms with E-state index in [1.165, 1.54) is 19.4 Å². The lowest BCUT2D eigenvalue weighted by atomic mass is 9.90. The Morgan fingerprint density at radius 1 is 1.47 bits per heavy atom. The Bertz CT molecular complexity index is 295. The average molecular weight is 269 g/mol. The first-order valence-corrected chi connectivity index (χ1v) is 7.69. The quantitative estimate of drug-likeness (QED) is 0.740. The van der Waals surface area contributed by atoms with Crippen molar-refractivity contribution in [2.45, 2.75) is 65.0 Å². The van der Waals surface area contributed by atoms with Gasteiger partial charge in [-0.1, -0.05) is 13.8 Å². The van der Waals surface area contributed by atoms with Crippen LogP contribution in [0.5, 0.6) is 0 Å². The second-order valence-corrected chi connectivity index (χ2v) is 6.23. The molecule has 3 unspecified atom stereocenters. The van der Waals surface area contributed by atoms with Crippen molar-refractivity contribution in [1.29, 1.82) is 0 Å². The zero-order chi connectivity index (χ0) is 14.5. The van der Waals surface area contributed by atoms with Crippen LogP contribution in [-0.4, -0.2) is 42.0 Å². The predicted molar refractivity (Wildman–Crippen MR) is 79.9 cm³/mol. The van der Waals surface area contributed by atoms with Crippen LogP contribution in [0.1, 0.15) is 53.4 Å². The van der Waals surface area contributed by atoms with E-state index in [2.05, 4.69) is 24.1 Å². The van der Waals surface area contributed by atoms with Crippen LogP contribution < -0.4 is 11.1 Å². The molecule has 0 bridgehead atoms. The van der Waals surface area contributed by atoms with Crippen LogP contribution in [0.25, 0.3) is 0 Å². The third-order valence-electron chi connectivity index (χ3n) is 4.74. The highest BCUT2D eigenvalue weighted by Crippen LogP contribution is 2.23. The minimum absolute atomic E-state index is 0.241. The van der Waals surface area contributed by atoms with E-state index in [0.717, 1.165) is 31.8 Å². The lowest BCUT2D eigenvalue weighted by molar-refractivity contribution is -0.124. The number of likely N-dealkylation sites (N-methyl/N-ethyl adjacent to an activating group) is 1. The van der Waals surface area contributed by atoms with E-state index in [1.54, 1.807) is 0 Å². The number of likely N-dealkylation sites (tertiary alicyclic amines) is 1. The van der Waals surface area contributed by atoms with Crippen LogP contribution in [0.2, 0.25) is 0 Å². The summed E-state index contributed by atoms with van der Waals surface area (Å²) in [5.74, 6) is 0.541. The van der Waals surface area contributed by atoms with Crippen LogP contribution in [0.3, 0.4) is 0 Å². The van der Waals surface area contributed by atoms with E-state index >= 15 is 0 Å². The van der Waals surface area contributed by atoms with E-state index in [0.29, 0.717) is 6.04 Å². The van der Waals surface area contributed by atoms with Crippen molar-refractivity contribution in [2.24, 2.45) is 11.7 Å². The molecule has 1 fully saturated rings. The number of carbonyl (C=O) groups is 1. The zero-order valence-electron chi connectivity index (χ0n) is 13.0. The van der Waals surface area contributed by atoms with Crippen molar-refractivity contribution in [3.63, 3.8) is 0 Å². The fraction of sp³-hybridized carbons (Fsp3) is 0.933. The van der Waals surface area contributed by atoms with Gasteiger partial charge in [-0.15, -0.1) is 0 Å². The number of rotatable bonds is 7. The van der Waals surface area contributed by atoms with E-state index in [-0.39, 0.29) is 5.91 Å². The largest absolute Gasteiger partial charge is 0.368 e. The highest BCUT2D eigenvalue weighted by molar-refractivity contribution is 5.84. The van der Waals surface area contributed by atoms with Gasteiger partial charge in [-0.25, -0.2) is 0 Å². The van der Waals surface area contributed by atoms with Crippen LogP contribution >= 0.6 is 0 Å². The first kappa shape index (κ1) is 16.4. The molecule has 1 aliphatic rings. The molecule has 0 aromatic heterocycles. The van der Waals surface area contributed by atoms with Crippen molar-refractivity contribution < 1.29 is 4.79 Å². The molecule has 1 amide bonds. The van der Waals surface area contributed by atoms with Crippen LogP contribution in [-0.2, 0) is 4.79 Å². The third-order valence-corrected chi connectivity index (χ3v) is 4.74. The molecule has 4 nitrogen and oxygen atoms in total. The molecule has 1 aliphatic heterocycles. The summed E-state index contributed by atoms with van der Waals surface area (Å²) in [4.78, 5) is 14.1. The Balaban J connectivity index is 2.41. The standard InChI is InChI=1S/C15H31N3O/c1-5-17-15(4,14(16)19)9-7-11-18-10-6-8-12(2)13(18)3/h12-13,17H,5-11H2,1-4H3,(H2,16,19). The molecule has 4 heteroatoms. The highest BCUT2D eigenvalue weighted by atomic mass is 16.1. The number of nitrogens with zero attached hydrogens (tertiary/aromatic N) is 1. The monoisotopic (exact) mass is 269 g/mol. The van der Waals surface area contributed by atoms with Crippen molar-refractivity contribution in [2.75, 3.05) is 19.6 Å². The van der Waals surface area contributed by atoms with Gasteiger partial charge in [0.05, 0.1) is 5.54 Å². The highest BCUT2D eigenvalue weighted by Gasteiger charge is 2.30. The fourth-order valence-corrected chi connectivity index (χ4v) is 3.06. The molecule has 19 heavy (non-hydrogen) atoms. The summed E-state index contributed by atoms with van der Waals surface area (Å²) >= 11 is 0. The topological polar surface area (TPSA) is 58.4 Å². The first-order chi connectivity index (χ1) is 8.90. The Morgan fingerprint density at radius 3 is 2.74 bits per heavy atom. The van der Waals surface area contributed by atoms with Gasteiger partial charge >= 0.3 is 0 Å². The Labute approximate surface area is 118 Å². The van der Waals surface area contributed by atoms with Crippen LogP contribution in [0, 0.1) is 5.92 Å². The van der Waals surface area contributed by atoms with Gasteiger partial charge in [0.15, 0.2) is 0 Å². The first-order valence-electron chi connectivity index (χ1n) is 7.69. The van der Waals surface area contributed by atoms with Gasteiger partial charge in [-0.2, -0.15) is 0 Å². The van der Waals surface area contributed by atoms with Gasteiger partial charge in [-0.3, -0.25) is 4.79 Å². The minimum Gasteiger partial charge on any atom is -0.368 e. The van der Waals surface area contributed by atoms with E-state index < -0.39 is 5.54 Å². The molecule has 1 rings (SSSR count). The summed E-state index contributed by atoms with van der Waals surface area (Å²) in [6, 6.07) is 0.660. The molecule has 0 saturated carbocycles. The van der Waals surface area contributed by atoms with E-state index in [4.69, 9.17) is 5.73 Å². The van der Waals surface area contributed by atoms with Crippen LogP contribution in [0.4, 0.5) is 0 Å². The summed E-state index contributed by atoms with van der Waals surface area (Å²) in [5, 5.41) is 3.22. The summed E-state index contributed by atoms with van der Waals surface area (Å²) in [6.45, 7) is 11.6. The number of nitrogens with two attached hydrogens (primary N) is 1. The minimum atomic E-state index is -0.556. The van der Waals surface area contributed by atoms with Gasteiger partial charge < -0.3 is 16.0 Å². The number of hydrogen-bond acceptors (Lipinski definition) is 3. The van der Waals surface area contributed by atoms with Gasteiger partial charge in [0.1, 0.15) is 0 Å². The number of piperidine rings is 1. The van der Waals surface area contributed by atoms with Gasteiger partial charge in [0, 0.05) is 6.04 Å². The van der Waals surface area contributed by atoms with E-state index in [1.807, 2.05) is 13.8 Å². The lowest BCUT2D eigenvalue weighted by Gasteiger charge is -2.38. The molecular formula is C15H31N3O. The van der Waals surface area contributed by atoms with Crippen molar-refractivity contribution in [3.8, 4) is 0 Å². The molecule has 0 aromatic rings. The Morgan fingerprint density at radius 2 is 2.16 bits per heavy atom. The molecule has 0 aromatic carbocycles. The molecule has 1 saturated heterocycles. The molecule has 0 radical (unpaired) electrons. The SMILES string of the molecule is CCNC(C)(CCCN1CCCC(C)C1C)C(N)=O. The van der Waals surface area contributed by atoms with Gasteiger partial charge in [-0.05, 0) is 65.1 Å². The maximum Gasteiger partial charge on any atom is 0.237 e. The van der Waals surface area contributed by atoms with Crippen LogP contribution in [0.15, 0.2) is 0 Å². The van der Waals surface area contributed by atoms with E-state index in [9.17, 15) is 4.79 Å². The average Bonchev–Trinajstić information content (AvgIpc) is 2.34. The number of hydrogen-bond donors (Lipinski definition) is 2. The lowest BCUT2D eigenvalue weighted by Crippen LogP contribution is -2.53. The summed E-state index contributed by atoms with van der Waals surface area (Å²) in [5.41, 5.74) is 4.95. The second-order valence-electron chi connectivity index (χ2n) is 6.23. The van der Waals surface area contributed by atoms with Gasteiger partial charge in [0.25, 0.3) is 0 Å². The summed E-state index contributed by atoms with van der Waals surface area (Å²) in [6.07, 6.45) is 4.47. The Kier molecular flexibility index (Phi) is 6.27. The van der Waals surface area contributed by atoms with Crippen molar-refractivity contribution in [1.82, 2.24) is 10.2 Å². The Hall–Kier alpha value is -0.610. The number of nitrogens with one attached hydrogen (secondary N) is 1. The normalized spacial score (nSPS) is 28.0. The van der Waals surface area contributed by atoms with Gasteiger partial charge in [0.2, 0.25) is 5.91 Å². The second kappa shape index (κ2) is 7.25. The van der Waals surface area contributed by atoms with Crippen molar-refractivity contribution in [3.05, 3.63) is 0 Å². The summed E-state index contributed by atoms with van der Waals surface area (Å²) in [7, 11) is 0. The molecule has 112 valence electrons. The maximum atomic E-state index is 11.6. The zero-order valence-corrected chi connectivity index (χ0v) is 13.0. The number of amides is 1. The summed E-state index contributed by atoms with van der Waals surface area (Å²) < 4.78 is 0. The molecule has 0 aliphatic carbocycles. The molecule has 0 spiro atoms. The fourth-order valence-electron chi connectivity index (χ4n) is 3.06. The molecular weight excluding hydrogens is 238 g/mol. The molecule has 3 N–H and O–H groups in total. The third kappa shape index (κ3) is 4.46. The molecule has 1 heterocycles. The van der Waals surface area contributed by atoms with Crippen molar-refractivity contribution >= 4 is 5.91 Å². The smallest absolute Gasteiger partial charge is 0.237 e. The number of primary amides is 1. The maximum absolute atomic E-state index is 11.6.